The molecule has 6 heteroatoms. The highest BCUT2D eigenvalue weighted by Crippen LogP contribution is 2.41. The van der Waals surface area contributed by atoms with Gasteiger partial charge in [-0.05, 0) is 13.0 Å². The van der Waals surface area contributed by atoms with Gasteiger partial charge in [-0.2, -0.15) is 0 Å². The number of ether oxygens (including phenoxy) is 2. The van der Waals surface area contributed by atoms with Crippen LogP contribution in [-0.2, 0) is 0 Å². The zero-order chi connectivity index (χ0) is 14.3. The molecular weight excluding hydrogens is 262 g/mol. The first kappa shape index (κ1) is 12.4. The van der Waals surface area contributed by atoms with Crippen LogP contribution in [0.5, 0.6) is 11.5 Å². The number of hydrogen-bond donors (Lipinski definition) is 1. The predicted octanol–water partition coefficient (Wildman–Crippen LogP) is 2.79. The van der Waals surface area contributed by atoms with E-state index in [9.17, 15) is 5.21 Å². The lowest BCUT2D eigenvalue weighted by Crippen LogP contribution is -2.06. The van der Waals surface area contributed by atoms with E-state index >= 15 is 0 Å². The van der Waals surface area contributed by atoms with E-state index in [4.69, 9.17) is 18.3 Å². The molecule has 0 aliphatic rings. The molecule has 20 heavy (non-hydrogen) atoms. The van der Waals surface area contributed by atoms with Crippen LogP contribution < -0.4 is 14.8 Å². The van der Waals surface area contributed by atoms with E-state index in [-0.39, 0.29) is 0 Å². The summed E-state index contributed by atoms with van der Waals surface area (Å²) in [6.07, 6.45) is 1.54. The SMILES string of the molecule is COc1c2occc2c(OC)c2c(=NO)cc(C)oc12. The molecule has 0 spiro atoms. The fraction of sp³-hybridized carbons (Fsp3) is 0.214. The molecule has 104 valence electrons. The lowest BCUT2D eigenvalue weighted by atomic mass is 10.1. The van der Waals surface area contributed by atoms with Crippen molar-refractivity contribution in [3.63, 3.8) is 0 Å². The normalized spacial score (nSPS) is 12.2. The van der Waals surface area contributed by atoms with Gasteiger partial charge in [0, 0.05) is 6.07 Å². The van der Waals surface area contributed by atoms with E-state index in [0.29, 0.717) is 39.2 Å². The summed E-state index contributed by atoms with van der Waals surface area (Å²) in [5.74, 6) is 1.53. The fourth-order valence-corrected chi connectivity index (χ4v) is 2.38. The first-order valence-electron chi connectivity index (χ1n) is 5.95. The van der Waals surface area contributed by atoms with Crippen LogP contribution in [0.4, 0.5) is 0 Å². The molecular formula is C14H13NO5. The second kappa shape index (κ2) is 4.48. The van der Waals surface area contributed by atoms with Crippen LogP contribution in [-0.4, -0.2) is 19.4 Å². The van der Waals surface area contributed by atoms with Crippen molar-refractivity contribution in [2.75, 3.05) is 14.2 Å². The van der Waals surface area contributed by atoms with Gasteiger partial charge in [0.05, 0.1) is 31.3 Å². The fourth-order valence-electron chi connectivity index (χ4n) is 2.38. The monoisotopic (exact) mass is 275 g/mol. The number of methoxy groups -OCH3 is 2. The van der Waals surface area contributed by atoms with Crippen molar-refractivity contribution < 1.29 is 23.5 Å². The Morgan fingerprint density at radius 1 is 1.15 bits per heavy atom. The third kappa shape index (κ3) is 1.54. The highest BCUT2D eigenvalue weighted by Gasteiger charge is 2.21. The molecule has 0 aliphatic heterocycles. The number of fused-ring (bicyclic) bond motifs is 2. The van der Waals surface area contributed by atoms with Crippen LogP contribution >= 0.6 is 0 Å². The van der Waals surface area contributed by atoms with Gasteiger partial charge in [-0.25, -0.2) is 0 Å². The van der Waals surface area contributed by atoms with E-state index in [0.717, 1.165) is 5.39 Å². The molecule has 0 fully saturated rings. The molecule has 0 unspecified atom stereocenters. The largest absolute Gasteiger partial charge is 0.495 e. The molecule has 6 nitrogen and oxygen atoms in total. The van der Waals surface area contributed by atoms with Crippen molar-refractivity contribution in [3.8, 4) is 11.5 Å². The molecule has 2 heterocycles. The van der Waals surface area contributed by atoms with Crippen LogP contribution in [0.3, 0.4) is 0 Å². The van der Waals surface area contributed by atoms with E-state index in [2.05, 4.69) is 5.16 Å². The van der Waals surface area contributed by atoms with Crippen molar-refractivity contribution in [2.45, 2.75) is 6.92 Å². The summed E-state index contributed by atoms with van der Waals surface area (Å²) in [5.41, 5.74) is 0.940. The topological polar surface area (TPSA) is 77.3 Å². The van der Waals surface area contributed by atoms with E-state index in [1.165, 1.54) is 20.5 Å². The number of aryl methyl sites for hydroxylation is 1. The summed E-state index contributed by atoms with van der Waals surface area (Å²) in [5, 5.41) is 14.1. The molecule has 0 radical (unpaired) electrons. The quantitative estimate of drug-likeness (QED) is 0.574. The Bertz CT molecular complexity index is 859. The average Bonchev–Trinajstić information content (AvgIpc) is 2.92. The van der Waals surface area contributed by atoms with Gasteiger partial charge in [-0.3, -0.25) is 0 Å². The van der Waals surface area contributed by atoms with Gasteiger partial charge >= 0.3 is 0 Å². The first-order chi connectivity index (χ1) is 9.71. The van der Waals surface area contributed by atoms with Crippen LogP contribution in [0.2, 0.25) is 0 Å². The van der Waals surface area contributed by atoms with Crippen molar-refractivity contribution in [1.29, 1.82) is 0 Å². The molecule has 3 aromatic rings. The summed E-state index contributed by atoms with van der Waals surface area (Å²) < 4.78 is 22.0. The standard InChI is InChI=1S/C14H13NO5/c1-7-6-9(15-16)10-11(17-2)8-4-5-19-12(8)14(18-3)13(10)20-7/h4-6,16H,1-3H3. The van der Waals surface area contributed by atoms with Crippen LogP contribution in [0.1, 0.15) is 5.76 Å². The summed E-state index contributed by atoms with van der Waals surface area (Å²) in [6.45, 7) is 1.76. The highest BCUT2D eigenvalue weighted by molar-refractivity contribution is 6.06. The molecule has 1 N–H and O–H groups in total. The van der Waals surface area contributed by atoms with E-state index in [1.54, 1.807) is 19.1 Å². The highest BCUT2D eigenvalue weighted by atomic mass is 16.5. The number of rotatable bonds is 2. The van der Waals surface area contributed by atoms with Gasteiger partial charge < -0.3 is 23.5 Å². The number of nitrogens with zero attached hydrogens (tertiary/aromatic N) is 1. The van der Waals surface area contributed by atoms with Crippen LogP contribution in [0, 0.1) is 6.92 Å². The third-order valence-corrected chi connectivity index (χ3v) is 3.15. The molecule has 0 bridgehead atoms. The van der Waals surface area contributed by atoms with Gasteiger partial charge in [0.1, 0.15) is 16.9 Å². The van der Waals surface area contributed by atoms with Gasteiger partial charge in [-0.15, -0.1) is 0 Å². The van der Waals surface area contributed by atoms with Crippen molar-refractivity contribution >= 4 is 21.9 Å². The molecule has 0 aliphatic carbocycles. The Balaban J connectivity index is 2.70. The lowest BCUT2D eigenvalue weighted by molar-refractivity contribution is 0.301. The molecule has 2 aromatic heterocycles. The average molecular weight is 275 g/mol. The zero-order valence-electron chi connectivity index (χ0n) is 11.3. The third-order valence-electron chi connectivity index (χ3n) is 3.15. The van der Waals surface area contributed by atoms with Crippen LogP contribution in [0.25, 0.3) is 21.9 Å². The number of benzene rings is 1. The van der Waals surface area contributed by atoms with Crippen molar-refractivity contribution in [2.24, 2.45) is 5.16 Å². The Hall–Kier alpha value is -2.63. The summed E-state index contributed by atoms with van der Waals surface area (Å²) in [6, 6.07) is 3.38. The second-order valence-electron chi connectivity index (χ2n) is 4.28. The summed E-state index contributed by atoms with van der Waals surface area (Å²) in [7, 11) is 3.06. The smallest absolute Gasteiger partial charge is 0.206 e. The van der Waals surface area contributed by atoms with Gasteiger partial charge in [0.25, 0.3) is 0 Å². The molecule has 0 saturated heterocycles. The predicted molar refractivity (Wildman–Crippen MR) is 71.2 cm³/mol. The van der Waals surface area contributed by atoms with Crippen LogP contribution in [0.15, 0.2) is 32.4 Å². The van der Waals surface area contributed by atoms with Gasteiger partial charge in [0.15, 0.2) is 11.2 Å². The minimum Gasteiger partial charge on any atom is -0.495 e. The maximum absolute atomic E-state index is 9.23. The molecule has 0 atom stereocenters. The van der Waals surface area contributed by atoms with E-state index in [1.807, 2.05) is 0 Å². The van der Waals surface area contributed by atoms with E-state index < -0.39 is 0 Å². The van der Waals surface area contributed by atoms with Crippen molar-refractivity contribution in [3.05, 3.63) is 29.5 Å². The number of furan rings is 1. The molecule has 0 amide bonds. The minimum atomic E-state index is 0.349. The Labute approximate surface area is 113 Å². The maximum atomic E-state index is 9.23. The Morgan fingerprint density at radius 3 is 2.55 bits per heavy atom. The Kier molecular flexibility index (Phi) is 2.78. The molecule has 0 saturated carbocycles. The molecule has 1 aromatic carbocycles. The number of hydrogen-bond acceptors (Lipinski definition) is 6. The maximum Gasteiger partial charge on any atom is 0.206 e. The first-order valence-corrected chi connectivity index (χ1v) is 5.95. The minimum absolute atomic E-state index is 0.349. The van der Waals surface area contributed by atoms with Crippen molar-refractivity contribution in [1.82, 2.24) is 0 Å². The summed E-state index contributed by atoms with van der Waals surface area (Å²) >= 11 is 0. The van der Waals surface area contributed by atoms with Gasteiger partial charge in [-0.1, -0.05) is 5.16 Å². The van der Waals surface area contributed by atoms with Gasteiger partial charge in [0.2, 0.25) is 5.75 Å². The Morgan fingerprint density at radius 2 is 1.90 bits per heavy atom. The lowest BCUT2D eigenvalue weighted by Gasteiger charge is -2.11. The molecule has 3 rings (SSSR count). The second-order valence-corrected chi connectivity index (χ2v) is 4.28. The zero-order valence-corrected chi connectivity index (χ0v) is 11.3. The summed E-state index contributed by atoms with van der Waals surface area (Å²) in [4.78, 5) is 0.